The first-order valence-electron chi connectivity index (χ1n) is 6.25. The van der Waals surface area contributed by atoms with Gasteiger partial charge in [-0.05, 0) is 24.8 Å². The maximum absolute atomic E-state index is 11.8. The van der Waals surface area contributed by atoms with Gasteiger partial charge in [-0.3, -0.25) is 4.79 Å². The van der Waals surface area contributed by atoms with E-state index in [-0.39, 0.29) is 11.8 Å². The largest absolute Gasteiger partial charge is 0.381 e. The minimum absolute atomic E-state index is 0.0551. The van der Waals surface area contributed by atoms with Crippen LogP contribution in [0, 0.1) is 5.92 Å². The molecule has 1 aliphatic heterocycles. The zero-order valence-electron chi connectivity index (χ0n) is 10.0. The van der Waals surface area contributed by atoms with Crippen molar-refractivity contribution in [2.45, 2.75) is 19.3 Å². The molecule has 1 N–H and O–H groups in total. The van der Waals surface area contributed by atoms with E-state index in [1.807, 2.05) is 18.2 Å². The number of hydrogen-bond acceptors (Lipinski definition) is 2. The van der Waals surface area contributed by atoms with Crippen LogP contribution in [0.2, 0.25) is 0 Å². The number of rotatable bonds is 4. The topological polar surface area (TPSA) is 38.3 Å². The Kier molecular flexibility index (Phi) is 4.56. The van der Waals surface area contributed by atoms with E-state index in [4.69, 9.17) is 4.74 Å². The molecule has 92 valence electrons. The third-order valence-electron chi connectivity index (χ3n) is 3.09. The standard InChI is InChI=1S/C14H19NO2/c16-14(13-7-4-10-17-11-13)15-9-8-12-5-2-1-3-6-12/h1-3,5-6,13H,4,7-11H2,(H,15,16). The SMILES string of the molecule is O=C(NCCc1ccccc1)C1CCCOC1. The van der Waals surface area contributed by atoms with Gasteiger partial charge in [0.1, 0.15) is 0 Å². The molecular weight excluding hydrogens is 214 g/mol. The molecular formula is C14H19NO2. The van der Waals surface area contributed by atoms with E-state index in [0.29, 0.717) is 13.2 Å². The van der Waals surface area contributed by atoms with Gasteiger partial charge in [-0.25, -0.2) is 0 Å². The Morgan fingerprint density at radius 3 is 2.88 bits per heavy atom. The average Bonchev–Trinajstić information content (AvgIpc) is 2.41. The van der Waals surface area contributed by atoms with Crippen molar-refractivity contribution in [2.75, 3.05) is 19.8 Å². The molecule has 3 nitrogen and oxygen atoms in total. The summed E-state index contributed by atoms with van der Waals surface area (Å²) in [4.78, 5) is 11.8. The summed E-state index contributed by atoms with van der Waals surface area (Å²) < 4.78 is 5.31. The molecule has 17 heavy (non-hydrogen) atoms. The maximum Gasteiger partial charge on any atom is 0.225 e. The third kappa shape index (κ3) is 3.86. The van der Waals surface area contributed by atoms with Gasteiger partial charge in [0.2, 0.25) is 5.91 Å². The van der Waals surface area contributed by atoms with Crippen molar-refractivity contribution >= 4 is 5.91 Å². The van der Waals surface area contributed by atoms with E-state index in [1.54, 1.807) is 0 Å². The number of ether oxygens (including phenoxy) is 1. The minimum Gasteiger partial charge on any atom is -0.381 e. The second-order valence-corrected chi connectivity index (χ2v) is 4.44. The Bertz CT molecular complexity index is 344. The highest BCUT2D eigenvalue weighted by Gasteiger charge is 2.20. The van der Waals surface area contributed by atoms with E-state index in [1.165, 1.54) is 5.56 Å². The van der Waals surface area contributed by atoms with Crippen molar-refractivity contribution in [1.82, 2.24) is 5.32 Å². The molecule has 1 aromatic rings. The van der Waals surface area contributed by atoms with Gasteiger partial charge >= 0.3 is 0 Å². The molecule has 0 aromatic heterocycles. The van der Waals surface area contributed by atoms with Crippen LogP contribution in [0.4, 0.5) is 0 Å². The summed E-state index contributed by atoms with van der Waals surface area (Å²) in [6, 6.07) is 10.2. The lowest BCUT2D eigenvalue weighted by atomic mass is 10.0. The second-order valence-electron chi connectivity index (χ2n) is 4.44. The molecule has 1 saturated heterocycles. The first kappa shape index (κ1) is 12.1. The predicted molar refractivity (Wildman–Crippen MR) is 66.7 cm³/mol. The number of carbonyl (C=O) groups excluding carboxylic acids is 1. The highest BCUT2D eigenvalue weighted by molar-refractivity contribution is 5.78. The van der Waals surface area contributed by atoms with Crippen LogP contribution in [0.25, 0.3) is 0 Å². The van der Waals surface area contributed by atoms with Crippen molar-refractivity contribution in [1.29, 1.82) is 0 Å². The number of amides is 1. The van der Waals surface area contributed by atoms with Crippen molar-refractivity contribution in [3.05, 3.63) is 35.9 Å². The lowest BCUT2D eigenvalue weighted by Gasteiger charge is -2.21. The van der Waals surface area contributed by atoms with Gasteiger partial charge in [-0.1, -0.05) is 30.3 Å². The van der Waals surface area contributed by atoms with Crippen LogP contribution in [-0.2, 0) is 16.0 Å². The zero-order valence-corrected chi connectivity index (χ0v) is 10.0. The summed E-state index contributed by atoms with van der Waals surface area (Å²) in [6.45, 7) is 2.09. The van der Waals surface area contributed by atoms with Gasteiger partial charge in [0.25, 0.3) is 0 Å². The summed E-state index contributed by atoms with van der Waals surface area (Å²) in [5, 5.41) is 2.98. The smallest absolute Gasteiger partial charge is 0.225 e. The first-order chi connectivity index (χ1) is 8.36. The third-order valence-corrected chi connectivity index (χ3v) is 3.09. The summed E-state index contributed by atoms with van der Waals surface area (Å²) in [7, 11) is 0. The quantitative estimate of drug-likeness (QED) is 0.860. The number of nitrogens with one attached hydrogen (secondary N) is 1. The minimum atomic E-state index is 0.0551. The Morgan fingerprint density at radius 2 is 2.18 bits per heavy atom. The Balaban J connectivity index is 1.69. The van der Waals surface area contributed by atoms with E-state index >= 15 is 0 Å². The van der Waals surface area contributed by atoms with Crippen LogP contribution in [-0.4, -0.2) is 25.7 Å². The van der Waals surface area contributed by atoms with Gasteiger partial charge in [0.15, 0.2) is 0 Å². The number of hydrogen-bond donors (Lipinski definition) is 1. The molecule has 1 atom stereocenters. The van der Waals surface area contributed by atoms with Crippen LogP contribution in [0.3, 0.4) is 0 Å². The van der Waals surface area contributed by atoms with Gasteiger partial charge < -0.3 is 10.1 Å². The predicted octanol–water partition coefficient (Wildman–Crippen LogP) is 1.77. The fourth-order valence-corrected chi connectivity index (χ4v) is 2.07. The van der Waals surface area contributed by atoms with Crippen molar-refractivity contribution in [2.24, 2.45) is 5.92 Å². The lowest BCUT2D eigenvalue weighted by molar-refractivity contribution is -0.128. The van der Waals surface area contributed by atoms with E-state index in [9.17, 15) is 4.79 Å². The second kappa shape index (κ2) is 6.40. The Labute approximate surface area is 102 Å². The zero-order chi connectivity index (χ0) is 11.9. The summed E-state index contributed by atoms with van der Waals surface area (Å²) >= 11 is 0. The molecule has 1 unspecified atom stereocenters. The van der Waals surface area contributed by atoms with E-state index in [2.05, 4.69) is 17.4 Å². The Morgan fingerprint density at radius 1 is 1.35 bits per heavy atom. The summed E-state index contributed by atoms with van der Waals surface area (Å²) in [5.74, 6) is 0.195. The van der Waals surface area contributed by atoms with Gasteiger partial charge in [0, 0.05) is 13.2 Å². The normalized spacial score (nSPS) is 19.9. The van der Waals surface area contributed by atoms with E-state index in [0.717, 1.165) is 25.9 Å². The van der Waals surface area contributed by atoms with Crippen LogP contribution in [0.5, 0.6) is 0 Å². The monoisotopic (exact) mass is 233 g/mol. The highest BCUT2D eigenvalue weighted by atomic mass is 16.5. The molecule has 0 spiro atoms. The molecule has 0 aliphatic carbocycles. The highest BCUT2D eigenvalue weighted by Crippen LogP contribution is 2.13. The first-order valence-corrected chi connectivity index (χ1v) is 6.25. The van der Waals surface area contributed by atoms with Crippen LogP contribution >= 0.6 is 0 Å². The molecule has 1 aliphatic rings. The molecule has 3 heteroatoms. The van der Waals surface area contributed by atoms with E-state index < -0.39 is 0 Å². The molecule has 1 heterocycles. The fraction of sp³-hybridized carbons (Fsp3) is 0.500. The number of carbonyl (C=O) groups is 1. The summed E-state index contributed by atoms with van der Waals surface area (Å²) in [6.07, 6.45) is 2.84. The Hall–Kier alpha value is -1.35. The molecule has 2 rings (SSSR count). The van der Waals surface area contributed by atoms with Gasteiger partial charge in [-0.15, -0.1) is 0 Å². The molecule has 1 amide bonds. The molecule has 0 saturated carbocycles. The van der Waals surface area contributed by atoms with Crippen LogP contribution < -0.4 is 5.32 Å². The van der Waals surface area contributed by atoms with Crippen molar-refractivity contribution < 1.29 is 9.53 Å². The van der Waals surface area contributed by atoms with Crippen molar-refractivity contribution in [3.63, 3.8) is 0 Å². The van der Waals surface area contributed by atoms with Crippen LogP contribution in [0.15, 0.2) is 30.3 Å². The lowest BCUT2D eigenvalue weighted by Crippen LogP contribution is -2.36. The molecule has 0 bridgehead atoms. The molecule has 1 aromatic carbocycles. The fourth-order valence-electron chi connectivity index (χ4n) is 2.07. The maximum atomic E-state index is 11.8. The van der Waals surface area contributed by atoms with Crippen LogP contribution in [0.1, 0.15) is 18.4 Å². The van der Waals surface area contributed by atoms with Crippen molar-refractivity contribution in [3.8, 4) is 0 Å². The average molecular weight is 233 g/mol. The summed E-state index contributed by atoms with van der Waals surface area (Å²) in [5.41, 5.74) is 1.26. The van der Waals surface area contributed by atoms with Gasteiger partial charge in [-0.2, -0.15) is 0 Å². The molecule has 1 fully saturated rings. The number of benzene rings is 1. The van der Waals surface area contributed by atoms with Gasteiger partial charge in [0.05, 0.1) is 12.5 Å². The molecule has 0 radical (unpaired) electrons.